The van der Waals surface area contributed by atoms with Crippen LogP contribution in [0, 0.1) is 11.8 Å². The van der Waals surface area contributed by atoms with E-state index >= 15 is 0 Å². The Morgan fingerprint density at radius 3 is 2.00 bits per heavy atom. The highest BCUT2D eigenvalue weighted by Crippen LogP contribution is 2.38. The molecule has 0 heterocycles. The van der Waals surface area contributed by atoms with Crippen LogP contribution in [0.2, 0.25) is 0 Å². The topological polar surface area (TPSA) is 0 Å². The first kappa shape index (κ1) is 9.87. The summed E-state index contributed by atoms with van der Waals surface area (Å²) in [6, 6.07) is 0. The van der Waals surface area contributed by atoms with Gasteiger partial charge in [0.2, 0.25) is 5.92 Å². The summed E-state index contributed by atoms with van der Waals surface area (Å²) in [5.41, 5.74) is 0. The van der Waals surface area contributed by atoms with Crippen LogP contribution in [0.4, 0.5) is 13.2 Å². The normalized spacial score (nSPS) is 32.0. The first-order valence-electron chi connectivity index (χ1n) is 4.48. The lowest BCUT2D eigenvalue weighted by molar-refractivity contribution is -0.0587. The molecule has 0 nitrogen and oxygen atoms in total. The Labute approximate surface area is 71.1 Å². The molecule has 3 heteroatoms. The lowest BCUT2D eigenvalue weighted by Gasteiger charge is -2.30. The van der Waals surface area contributed by atoms with Gasteiger partial charge in [-0.25, -0.2) is 8.78 Å². The molecule has 0 aromatic rings. The van der Waals surface area contributed by atoms with Crippen molar-refractivity contribution >= 4 is 0 Å². The summed E-state index contributed by atoms with van der Waals surface area (Å²) >= 11 is 0. The molecule has 0 bridgehead atoms. The highest BCUT2D eigenvalue weighted by atomic mass is 19.3. The largest absolute Gasteiger partial charge is 0.251 e. The molecule has 1 rings (SSSR count). The fraction of sp³-hybridized carbons (Fsp3) is 1.00. The second kappa shape index (κ2) is 3.67. The Bertz CT molecular complexity index is 131. The van der Waals surface area contributed by atoms with Gasteiger partial charge in [0.25, 0.3) is 0 Å². The van der Waals surface area contributed by atoms with Crippen molar-refractivity contribution in [3.8, 4) is 0 Å². The molecule has 1 saturated carbocycles. The summed E-state index contributed by atoms with van der Waals surface area (Å²) < 4.78 is 37.6. The van der Waals surface area contributed by atoms with Gasteiger partial charge in [-0.3, -0.25) is 4.39 Å². The third-order valence-corrected chi connectivity index (χ3v) is 2.78. The number of hydrogen-bond acceptors (Lipinski definition) is 0. The summed E-state index contributed by atoms with van der Waals surface area (Å²) in [6.07, 6.45) is 2.23. The lowest BCUT2D eigenvalue weighted by Crippen LogP contribution is -2.29. The molecule has 0 atom stereocenters. The Kier molecular flexibility index (Phi) is 3.02. The van der Waals surface area contributed by atoms with E-state index in [4.69, 9.17) is 0 Å². The average Bonchev–Trinajstić information content (AvgIpc) is 2.03. The van der Waals surface area contributed by atoms with Crippen LogP contribution in [0.5, 0.6) is 0 Å². The van der Waals surface area contributed by atoms with E-state index in [0.29, 0.717) is 25.7 Å². The van der Waals surface area contributed by atoms with Crippen molar-refractivity contribution in [2.45, 2.75) is 38.5 Å². The van der Waals surface area contributed by atoms with Gasteiger partial charge in [-0.1, -0.05) is 0 Å². The van der Waals surface area contributed by atoms with Gasteiger partial charge in [0.05, 0.1) is 6.67 Å². The molecule has 0 spiro atoms. The first-order chi connectivity index (χ1) is 5.54. The Morgan fingerprint density at radius 2 is 1.67 bits per heavy atom. The van der Waals surface area contributed by atoms with Crippen molar-refractivity contribution in [2.75, 3.05) is 6.67 Å². The van der Waals surface area contributed by atoms with E-state index in [2.05, 4.69) is 0 Å². The van der Waals surface area contributed by atoms with Crippen molar-refractivity contribution in [3.05, 3.63) is 0 Å². The predicted molar refractivity (Wildman–Crippen MR) is 42.0 cm³/mol. The lowest BCUT2D eigenvalue weighted by atomic mass is 9.80. The second-order valence-electron chi connectivity index (χ2n) is 3.83. The molecule has 1 aliphatic rings. The molecule has 12 heavy (non-hydrogen) atoms. The van der Waals surface area contributed by atoms with Crippen LogP contribution in [0.25, 0.3) is 0 Å². The van der Waals surface area contributed by atoms with Crippen LogP contribution in [-0.4, -0.2) is 12.6 Å². The molecule has 0 aliphatic heterocycles. The van der Waals surface area contributed by atoms with Crippen LogP contribution in [0.3, 0.4) is 0 Å². The van der Waals surface area contributed by atoms with E-state index in [1.54, 1.807) is 0 Å². The van der Waals surface area contributed by atoms with E-state index in [1.165, 1.54) is 0 Å². The van der Waals surface area contributed by atoms with Gasteiger partial charge in [-0.15, -0.1) is 0 Å². The fourth-order valence-electron chi connectivity index (χ4n) is 1.82. The maximum Gasteiger partial charge on any atom is 0.248 e. The van der Waals surface area contributed by atoms with Crippen LogP contribution >= 0.6 is 0 Å². The zero-order valence-electron chi connectivity index (χ0n) is 7.32. The molecule has 0 saturated heterocycles. The van der Waals surface area contributed by atoms with Crippen molar-refractivity contribution in [1.29, 1.82) is 0 Å². The van der Waals surface area contributed by atoms with Crippen molar-refractivity contribution in [3.63, 3.8) is 0 Å². The number of hydrogen-bond donors (Lipinski definition) is 0. The van der Waals surface area contributed by atoms with E-state index in [9.17, 15) is 13.2 Å². The average molecular weight is 180 g/mol. The second-order valence-corrected chi connectivity index (χ2v) is 3.83. The molecule has 0 aromatic heterocycles. The molecule has 72 valence electrons. The summed E-state index contributed by atoms with van der Waals surface area (Å²) in [7, 11) is 0. The van der Waals surface area contributed by atoms with Crippen LogP contribution < -0.4 is 0 Å². The number of alkyl halides is 3. The smallest absolute Gasteiger partial charge is 0.248 e. The predicted octanol–water partition coefficient (Wildman–Crippen LogP) is 3.42. The van der Waals surface area contributed by atoms with Gasteiger partial charge < -0.3 is 0 Å². The van der Waals surface area contributed by atoms with Crippen molar-refractivity contribution in [2.24, 2.45) is 11.8 Å². The van der Waals surface area contributed by atoms with E-state index in [-0.39, 0.29) is 12.6 Å². The molecule has 1 aliphatic carbocycles. The minimum atomic E-state index is -2.57. The van der Waals surface area contributed by atoms with Gasteiger partial charge in [0.15, 0.2) is 0 Å². The van der Waals surface area contributed by atoms with E-state index in [1.807, 2.05) is 0 Å². The zero-order chi connectivity index (χ0) is 9.19. The molecular formula is C9H15F3. The fourth-order valence-corrected chi connectivity index (χ4v) is 1.82. The monoisotopic (exact) mass is 180 g/mol. The highest BCUT2D eigenvalue weighted by Gasteiger charge is 2.36. The highest BCUT2D eigenvalue weighted by molar-refractivity contribution is 4.79. The van der Waals surface area contributed by atoms with E-state index < -0.39 is 11.8 Å². The molecule has 0 radical (unpaired) electrons. The molecule has 0 N–H and O–H groups in total. The maximum absolute atomic E-state index is 12.7. The van der Waals surface area contributed by atoms with Crippen molar-refractivity contribution in [1.82, 2.24) is 0 Å². The third kappa shape index (κ3) is 2.39. The minimum absolute atomic E-state index is 0.0450. The van der Waals surface area contributed by atoms with Gasteiger partial charge >= 0.3 is 0 Å². The van der Waals surface area contributed by atoms with E-state index in [0.717, 1.165) is 6.92 Å². The van der Waals surface area contributed by atoms with Gasteiger partial charge in [-0.2, -0.15) is 0 Å². The Hall–Kier alpha value is -0.210. The van der Waals surface area contributed by atoms with Crippen LogP contribution in [-0.2, 0) is 0 Å². The van der Waals surface area contributed by atoms with Crippen LogP contribution in [0.1, 0.15) is 32.6 Å². The van der Waals surface area contributed by atoms with Gasteiger partial charge in [0.1, 0.15) is 0 Å². The third-order valence-electron chi connectivity index (χ3n) is 2.78. The van der Waals surface area contributed by atoms with Gasteiger partial charge in [0, 0.05) is 5.92 Å². The van der Waals surface area contributed by atoms with Crippen molar-refractivity contribution < 1.29 is 13.2 Å². The molecule has 0 aromatic carbocycles. The molecular weight excluding hydrogens is 165 g/mol. The minimum Gasteiger partial charge on any atom is -0.251 e. The van der Waals surface area contributed by atoms with Crippen LogP contribution in [0.15, 0.2) is 0 Å². The Balaban J connectivity index is 2.36. The summed E-state index contributed by atoms with van der Waals surface area (Å²) in [4.78, 5) is 0. The SMILES string of the molecule is CC(F)(F)C1CCC(CF)CC1. The standard InChI is InChI=1S/C9H15F3/c1-9(11,12)8-4-2-7(6-10)3-5-8/h7-8H,2-6H2,1H3. The molecule has 0 unspecified atom stereocenters. The summed E-state index contributed by atoms with van der Waals surface area (Å²) in [6.45, 7) is 0.620. The Morgan fingerprint density at radius 1 is 1.17 bits per heavy atom. The summed E-state index contributed by atoms with van der Waals surface area (Å²) in [5.74, 6) is -3.04. The molecule has 0 amide bonds. The molecule has 1 fully saturated rings. The number of rotatable bonds is 2. The zero-order valence-corrected chi connectivity index (χ0v) is 7.32. The van der Waals surface area contributed by atoms with Gasteiger partial charge in [-0.05, 0) is 38.5 Å². The first-order valence-corrected chi connectivity index (χ1v) is 4.48. The summed E-state index contributed by atoms with van der Waals surface area (Å²) in [5, 5.41) is 0. The quantitative estimate of drug-likeness (QED) is 0.610. The number of halogens is 3. The maximum atomic E-state index is 12.7.